The molecule has 0 saturated carbocycles. The molecule has 10 nitrogen and oxygen atoms in total. The van der Waals surface area contributed by atoms with Crippen LogP contribution in [0.1, 0.15) is 32.3 Å². The van der Waals surface area contributed by atoms with Crippen molar-refractivity contribution in [2.75, 3.05) is 44.3 Å². The van der Waals surface area contributed by atoms with E-state index in [4.69, 9.17) is 14.2 Å². The maximum Gasteiger partial charge on any atom is 0.418 e. The number of hydrogen-bond donors (Lipinski definition) is 2. The number of rotatable bonds is 7. The molecule has 4 rings (SSSR count). The number of piperazine rings is 1. The first-order chi connectivity index (χ1) is 18.7. The first kappa shape index (κ1) is 30.1. The van der Waals surface area contributed by atoms with Crippen LogP contribution in [0, 0.1) is 5.92 Å². The highest BCUT2D eigenvalue weighted by Gasteiger charge is 2.52. The molecule has 2 fully saturated rings. The van der Waals surface area contributed by atoms with E-state index in [0.717, 1.165) is 12.3 Å². The molecule has 3 aliphatic heterocycles. The Kier molecular flexibility index (Phi) is 8.99. The molecule has 4 heterocycles. The van der Waals surface area contributed by atoms with Crippen molar-refractivity contribution in [1.82, 2.24) is 20.7 Å². The standard InChI is InChI=1S/C24H31F6N5O5/c1-13-7-16-11-34(4-5-35(16)21-17(39-13)8-15(9-31-21)23(25,26)27)19(36)3-6-38-12-14(2)40-18-10-32-33-22(37)20(18)24(28,29)30/h8-9,13-14,16,18,20,32H,3-7,10-12H2,1-2H3,(H,33,37)/t13-,14+,16+,18?,20?/m1/s1. The van der Waals surface area contributed by atoms with Crippen LogP contribution in [-0.4, -0.2) is 91.6 Å². The highest BCUT2D eigenvalue weighted by Crippen LogP contribution is 2.39. The molecule has 3 aliphatic rings. The highest BCUT2D eigenvalue weighted by atomic mass is 19.4. The summed E-state index contributed by atoms with van der Waals surface area (Å²) >= 11 is 0. The predicted molar refractivity (Wildman–Crippen MR) is 127 cm³/mol. The van der Waals surface area contributed by atoms with Crippen LogP contribution in [0.3, 0.4) is 0 Å². The quantitative estimate of drug-likeness (QED) is 0.372. The summed E-state index contributed by atoms with van der Waals surface area (Å²) in [5.41, 5.74) is 3.44. The SMILES string of the molecule is C[C@@H]1C[C@H]2CN(C(=O)CCOC[C@H](C)OC3CNNC(=O)C3C(F)(F)F)CCN2c2ncc(C(F)(F)F)cc2O1. The Morgan fingerprint density at radius 1 is 1.25 bits per heavy atom. The molecule has 40 heavy (non-hydrogen) atoms. The number of anilines is 1. The van der Waals surface area contributed by atoms with Gasteiger partial charge in [0.15, 0.2) is 17.5 Å². The second-order valence-electron chi connectivity index (χ2n) is 10.1. The van der Waals surface area contributed by atoms with Crippen LogP contribution < -0.4 is 20.5 Å². The van der Waals surface area contributed by atoms with Gasteiger partial charge < -0.3 is 24.0 Å². The lowest BCUT2D eigenvalue weighted by Gasteiger charge is -2.41. The van der Waals surface area contributed by atoms with Gasteiger partial charge in [-0.05, 0) is 19.9 Å². The Morgan fingerprint density at radius 3 is 2.70 bits per heavy atom. The van der Waals surface area contributed by atoms with Gasteiger partial charge in [-0.2, -0.15) is 26.3 Å². The first-order valence-electron chi connectivity index (χ1n) is 12.8. The molecule has 0 radical (unpaired) electrons. The van der Waals surface area contributed by atoms with Gasteiger partial charge in [0.2, 0.25) is 11.8 Å². The monoisotopic (exact) mass is 583 g/mol. The Bertz CT molecular complexity index is 1070. The number of hydrazine groups is 1. The molecular formula is C24H31F6N5O5. The van der Waals surface area contributed by atoms with Gasteiger partial charge in [-0.25, -0.2) is 10.4 Å². The molecule has 2 saturated heterocycles. The normalized spacial score (nSPS) is 26.2. The second kappa shape index (κ2) is 11.9. The fourth-order valence-corrected chi connectivity index (χ4v) is 5.10. The van der Waals surface area contributed by atoms with Crippen LogP contribution in [0.5, 0.6) is 5.75 Å². The molecule has 0 spiro atoms. The van der Waals surface area contributed by atoms with Crippen molar-refractivity contribution < 1.29 is 50.1 Å². The smallest absolute Gasteiger partial charge is 0.418 e. The van der Waals surface area contributed by atoms with Gasteiger partial charge in [-0.3, -0.25) is 15.0 Å². The number of alkyl halides is 6. The van der Waals surface area contributed by atoms with Gasteiger partial charge in [-0.15, -0.1) is 0 Å². The van der Waals surface area contributed by atoms with E-state index in [1.54, 1.807) is 11.8 Å². The van der Waals surface area contributed by atoms with Crippen LogP contribution in [-0.2, 0) is 25.2 Å². The minimum atomic E-state index is -4.76. The molecule has 1 aromatic heterocycles. The molecule has 2 amide bonds. The Labute approximate surface area is 226 Å². The van der Waals surface area contributed by atoms with Crippen molar-refractivity contribution in [3.63, 3.8) is 0 Å². The average Bonchev–Trinajstić information content (AvgIpc) is 2.99. The van der Waals surface area contributed by atoms with E-state index in [0.29, 0.717) is 31.9 Å². The van der Waals surface area contributed by atoms with E-state index < -0.39 is 48.1 Å². The van der Waals surface area contributed by atoms with Crippen molar-refractivity contribution in [1.29, 1.82) is 0 Å². The summed E-state index contributed by atoms with van der Waals surface area (Å²) in [4.78, 5) is 32.0. The number of aromatic nitrogens is 1. The lowest BCUT2D eigenvalue weighted by molar-refractivity contribution is -0.219. The molecule has 0 aromatic carbocycles. The third-order valence-corrected chi connectivity index (χ3v) is 6.94. The Hall–Kier alpha value is -2.85. The minimum Gasteiger partial charge on any atom is -0.487 e. The van der Waals surface area contributed by atoms with Gasteiger partial charge in [-0.1, -0.05) is 0 Å². The number of hydrogen-bond acceptors (Lipinski definition) is 8. The number of nitrogens with zero attached hydrogens (tertiary/aromatic N) is 3. The highest BCUT2D eigenvalue weighted by molar-refractivity contribution is 5.80. The zero-order chi connectivity index (χ0) is 29.2. The zero-order valence-electron chi connectivity index (χ0n) is 21.8. The summed E-state index contributed by atoms with van der Waals surface area (Å²) in [7, 11) is 0. The maximum absolute atomic E-state index is 13.2. The molecule has 16 heteroatoms. The van der Waals surface area contributed by atoms with E-state index in [2.05, 4.69) is 10.4 Å². The summed E-state index contributed by atoms with van der Waals surface area (Å²) in [6.45, 7) is 3.96. The van der Waals surface area contributed by atoms with Crippen LogP contribution in [0.2, 0.25) is 0 Å². The number of pyridine rings is 1. The van der Waals surface area contributed by atoms with Crippen molar-refractivity contribution >= 4 is 17.6 Å². The summed E-state index contributed by atoms with van der Waals surface area (Å²) in [6.07, 6.45) is -10.6. The second-order valence-corrected chi connectivity index (χ2v) is 10.1. The zero-order valence-corrected chi connectivity index (χ0v) is 21.8. The maximum atomic E-state index is 13.2. The lowest BCUT2D eigenvalue weighted by atomic mass is 9.99. The molecule has 1 aromatic rings. The van der Waals surface area contributed by atoms with Gasteiger partial charge in [0.1, 0.15) is 0 Å². The van der Waals surface area contributed by atoms with Crippen LogP contribution >= 0.6 is 0 Å². The first-order valence-corrected chi connectivity index (χ1v) is 12.8. The molecular weight excluding hydrogens is 552 g/mol. The average molecular weight is 584 g/mol. The van der Waals surface area contributed by atoms with Crippen LogP contribution in [0.4, 0.5) is 32.2 Å². The third kappa shape index (κ3) is 7.07. The predicted octanol–water partition coefficient (Wildman–Crippen LogP) is 2.28. The number of fused-ring (bicyclic) bond motifs is 3. The summed E-state index contributed by atoms with van der Waals surface area (Å²) in [5.74, 6) is -3.35. The van der Waals surface area contributed by atoms with Gasteiger partial charge in [0, 0.05) is 38.8 Å². The summed E-state index contributed by atoms with van der Waals surface area (Å²) in [6, 6.07) is 0.735. The van der Waals surface area contributed by atoms with Crippen LogP contribution in [0.15, 0.2) is 12.3 Å². The van der Waals surface area contributed by atoms with E-state index in [1.807, 2.05) is 10.3 Å². The minimum absolute atomic E-state index is 0.00758. The van der Waals surface area contributed by atoms with Crippen molar-refractivity contribution in [3.8, 4) is 5.75 Å². The van der Waals surface area contributed by atoms with Gasteiger partial charge in [0.05, 0.1) is 49.6 Å². The van der Waals surface area contributed by atoms with E-state index >= 15 is 0 Å². The third-order valence-electron chi connectivity index (χ3n) is 6.94. The summed E-state index contributed by atoms with van der Waals surface area (Å²) in [5, 5.41) is 0. The molecule has 5 atom stereocenters. The van der Waals surface area contributed by atoms with Gasteiger partial charge >= 0.3 is 12.4 Å². The fourth-order valence-electron chi connectivity index (χ4n) is 5.10. The molecule has 224 valence electrons. The topological polar surface area (TPSA) is 105 Å². The number of halogens is 6. The number of ether oxygens (including phenoxy) is 3. The molecule has 2 N–H and O–H groups in total. The van der Waals surface area contributed by atoms with Crippen LogP contribution in [0.25, 0.3) is 0 Å². The molecule has 0 bridgehead atoms. The van der Waals surface area contributed by atoms with Crippen molar-refractivity contribution in [2.24, 2.45) is 5.92 Å². The van der Waals surface area contributed by atoms with Crippen molar-refractivity contribution in [2.45, 2.75) is 63.4 Å². The van der Waals surface area contributed by atoms with Gasteiger partial charge in [0.25, 0.3) is 0 Å². The number of carbonyl (C=O) groups excluding carboxylic acids is 2. The largest absolute Gasteiger partial charge is 0.487 e. The van der Waals surface area contributed by atoms with E-state index in [9.17, 15) is 35.9 Å². The summed E-state index contributed by atoms with van der Waals surface area (Å²) < 4.78 is 95.8. The lowest BCUT2D eigenvalue weighted by Crippen LogP contribution is -2.60. The Morgan fingerprint density at radius 2 is 2.00 bits per heavy atom. The fraction of sp³-hybridized carbons (Fsp3) is 0.708. The van der Waals surface area contributed by atoms with E-state index in [1.165, 1.54) is 6.92 Å². The molecule has 0 aliphatic carbocycles. The number of nitrogens with one attached hydrogen (secondary N) is 2. The Balaban J connectivity index is 1.26. The van der Waals surface area contributed by atoms with Crippen molar-refractivity contribution in [3.05, 3.63) is 17.8 Å². The molecule has 2 unspecified atom stereocenters. The number of carbonyl (C=O) groups is 2. The number of amides is 2. The van der Waals surface area contributed by atoms with E-state index in [-0.39, 0.29) is 43.9 Å².